The second-order valence-electron chi connectivity index (χ2n) is 2.67. The standard InChI is InChI=1S/C9H12Cl2N4/c1-12-9(13-2)15-14-8-6(10)4-3-5-7(8)11/h3-5,14H,1-2H3,(H2,12,13,15). The minimum atomic E-state index is 0.543. The Morgan fingerprint density at radius 3 is 2.33 bits per heavy atom. The number of nitrogens with one attached hydrogen (secondary N) is 3. The number of nitrogens with zero attached hydrogens (tertiary/aromatic N) is 1. The van der Waals surface area contributed by atoms with Crippen LogP contribution in [0.4, 0.5) is 5.69 Å². The molecule has 0 aliphatic carbocycles. The molecule has 0 unspecified atom stereocenters. The normalized spacial score (nSPS) is 11.1. The summed E-state index contributed by atoms with van der Waals surface area (Å²) in [5.41, 5.74) is 6.34. The second-order valence-corrected chi connectivity index (χ2v) is 3.48. The average Bonchev–Trinajstić information content (AvgIpc) is 2.23. The summed E-state index contributed by atoms with van der Waals surface area (Å²) in [6.45, 7) is 0. The fraction of sp³-hybridized carbons (Fsp3) is 0.222. The number of aliphatic imine (C=N–C) groups is 1. The van der Waals surface area contributed by atoms with E-state index in [1.165, 1.54) is 0 Å². The summed E-state index contributed by atoms with van der Waals surface area (Å²) in [5, 5.41) is 3.94. The zero-order valence-electron chi connectivity index (χ0n) is 8.44. The summed E-state index contributed by atoms with van der Waals surface area (Å²) in [6.07, 6.45) is 0. The SMILES string of the molecule is CN=C(NC)NNc1c(Cl)cccc1Cl. The molecule has 0 saturated heterocycles. The van der Waals surface area contributed by atoms with Crippen molar-refractivity contribution in [1.29, 1.82) is 0 Å². The van der Waals surface area contributed by atoms with Crippen molar-refractivity contribution in [3.63, 3.8) is 0 Å². The molecule has 1 aromatic rings. The lowest BCUT2D eigenvalue weighted by atomic mass is 10.3. The predicted molar refractivity (Wildman–Crippen MR) is 65.6 cm³/mol. The number of hydrogen-bond donors (Lipinski definition) is 3. The molecular weight excluding hydrogens is 235 g/mol. The number of para-hydroxylation sites is 1. The molecular formula is C9H12Cl2N4. The van der Waals surface area contributed by atoms with Crippen LogP contribution in [0, 0.1) is 0 Å². The van der Waals surface area contributed by atoms with Gasteiger partial charge in [-0.05, 0) is 12.1 Å². The van der Waals surface area contributed by atoms with Gasteiger partial charge in [0.1, 0.15) is 0 Å². The minimum absolute atomic E-state index is 0.543. The quantitative estimate of drug-likeness (QED) is 0.426. The molecule has 0 fully saturated rings. The zero-order chi connectivity index (χ0) is 11.3. The Morgan fingerprint density at radius 2 is 1.87 bits per heavy atom. The Labute approximate surface area is 98.6 Å². The van der Waals surface area contributed by atoms with Crippen LogP contribution in [0.25, 0.3) is 0 Å². The van der Waals surface area contributed by atoms with Gasteiger partial charge in [0.05, 0.1) is 15.7 Å². The lowest BCUT2D eigenvalue weighted by molar-refractivity contribution is 0.993. The van der Waals surface area contributed by atoms with Crippen molar-refractivity contribution in [3.8, 4) is 0 Å². The van der Waals surface area contributed by atoms with E-state index in [2.05, 4.69) is 21.2 Å². The first kappa shape index (κ1) is 11.9. The molecule has 0 heterocycles. The molecule has 0 radical (unpaired) electrons. The number of hydrogen-bond acceptors (Lipinski definition) is 2. The molecule has 3 N–H and O–H groups in total. The van der Waals surface area contributed by atoms with Crippen LogP contribution in [0.1, 0.15) is 0 Å². The van der Waals surface area contributed by atoms with Crippen LogP contribution < -0.4 is 16.2 Å². The predicted octanol–water partition coefficient (Wildman–Crippen LogP) is 2.12. The van der Waals surface area contributed by atoms with Gasteiger partial charge in [-0.15, -0.1) is 0 Å². The maximum Gasteiger partial charge on any atom is 0.209 e. The number of guanidine groups is 1. The number of halogens is 2. The Kier molecular flexibility index (Phi) is 4.52. The maximum absolute atomic E-state index is 5.95. The van der Waals surface area contributed by atoms with E-state index in [4.69, 9.17) is 23.2 Å². The molecule has 0 aliphatic heterocycles. The zero-order valence-corrected chi connectivity index (χ0v) is 9.95. The van der Waals surface area contributed by atoms with Gasteiger partial charge >= 0.3 is 0 Å². The molecule has 6 heteroatoms. The summed E-state index contributed by atoms with van der Waals surface area (Å²) in [5.74, 6) is 0.589. The molecule has 0 aliphatic rings. The van der Waals surface area contributed by atoms with E-state index in [0.29, 0.717) is 21.7 Å². The fourth-order valence-corrected chi connectivity index (χ4v) is 1.46. The highest BCUT2D eigenvalue weighted by atomic mass is 35.5. The molecule has 0 spiro atoms. The lowest BCUT2D eigenvalue weighted by Gasteiger charge is -2.13. The molecule has 0 bridgehead atoms. The number of rotatable bonds is 2. The van der Waals surface area contributed by atoms with Crippen molar-refractivity contribution in [3.05, 3.63) is 28.2 Å². The number of anilines is 1. The van der Waals surface area contributed by atoms with E-state index in [9.17, 15) is 0 Å². The first-order chi connectivity index (χ1) is 7.19. The molecule has 15 heavy (non-hydrogen) atoms. The van der Waals surface area contributed by atoms with Crippen LogP contribution in [0.3, 0.4) is 0 Å². The molecule has 82 valence electrons. The Hall–Kier alpha value is -1.13. The second kappa shape index (κ2) is 5.68. The number of benzene rings is 1. The van der Waals surface area contributed by atoms with Crippen LogP contribution >= 0.6 is 23.2 Å². The Balaban J connectivity index is 2.73. The molecule has 4 nitrogen and oxygen atoms in total. The smallest absolute Gasteiger partial charge is 0.209 e. The topological polar surface area (TPSA) is 48.5 Å². The van der Waals surface area contributed by atoms with E-state index in [1.54, 1.807) is 32.3 Å². The van der Waals surface area contributed by atoms with E-state index < -0.39 is 0 Å². The fourth-order valence-electron chi connectivity index (χ4n) is 0.969. The van der Waals surface area contributed by atoms with Gasteiger partial charge in [0, 0.05) is 14.1 Å². The monoisotopic (exact) mass is 246 g/mol. The van der Waals surface area contributed by atoms with E-state index in [1.807, 2.05) is 0 Å². The highest BCUT2D eigenvalue weighted by Gasteiger charge is 2.04. The van der Waals surface area contributed by atoms with Crippen molar-refractivity contribution in [2.75, 3.05) is 19.5 Å². The van der Waals surface area contributed by atoms with Gasteiger partial charge in [-0.2, -0.15) is 0 Å². The van der Waals surface area contributed by atoms with Crippen molar-refractivity contribution in [2.45, 2.75) is 0 Å². The van der Waals surface area contributed by atoms with Crippen LogP contribution in [-0.2, 0) is 0 Å². The highest BCUT2D eigenvalue weighted by Crippen LogP contribution is 2.28. The lowest BCUT2D eigenvalue weighted by Crippen LogP contribution is -2.38. The summed E-state index contributed by atoms with van der Waals surface area (Å²) >= 11 is 11.9. The third-order valence-corrected chi connectivity index (χ3v) is 2.36. The Bertz CT molecular complexity index is 345. The van der Waals surface area contributed by atoms with Gasteiger partial charge in [-0.1, -0.05) is 29.3 Å². The summed E-state index contributed by atoms with van der Waals surface area (Å²) in [7, 11) is 3.42. The third-order valence-electron chi connectivity index (χ3n) is 1.73. The van der Waals surface area contributed by atoms with Gasteiger partial charge < -0.3 is 5.32 Å². The largest absolute Gasteiger partial charge is 0.358 e. The third kappa shape index (κ3) is 3.18. The van der Waals surface area contributed by atoms with Gasteiger partial charge in [0.15, 0.2) is 0 Å². The van der Waals surface area contributed by atoms with Crippen LogP contribution in [-0.4, -0.2) is 20.1 Å². The van der Waals surface area contributed by atoms with Crippen molar-refractivity contribution >= 4 is 34.8 Å². The minimum Gasteiger partial charge on any atom is -0.358 e. The first-order valence-electron chi connectivity index (χ1n) is 4.29. The van der Waals surface area contributed by atoms with E-state index in [0.717, 1.165) is 0 Å². The van der Waals surface area contributed by atoms with Crippen LogP contribution in [0.5, 0.6) is 0 Å². The highest BCUT2D eigenvalue weighted by molar-refractivity contribution is 6.39. The van der Waals surface area contributed by atoms with Gasteiger partial charge in [-0.25, -0.2) is 0 Å². The molecule has 0 aromatic heterocycles. The summed E-state index contributed by atoms with van der Waals surface area (Å²) in [4.78, 5) is 3.93. The van der Waals surface area contributed by atoms with E-state index in [-0.39, 0.29) is 0 Å². The van der Waals surface area contributed by atoms with Crippen LogP contribution in [0.15, 0.2) is 23.2 Å². The van der Waals surface area contributed by atoms with Crippen molar-refractivity contribution in [2.24, 2.45) is 4.99 Å². The van der Waals surface area contributed by atoms with Crippen molar-refractivity contribution < 1.29 is 0 Å². The van der Waals surface area contributed by atoms with E-state index >= 15 is 0 Å². The van der Waals surface area contributed by atoms with Crippen molar-refractivity contribution in [1.82, 2.24) is 10.7 Å². The van der Waals surface area contributed by atoms with Gasteiger partial charge in [-0.3, -0.25) is 15.8 Å². The van der Waals surface area contributed by atoms with Crippen LogP contribution in [0.2, 0.25) is 10.0 Å². The first-order valence-corrected chi connectivity index (χ1v) is 5.05. The molecule has 0 atom stereocenters. The van der Waals surface area contributed by atoms with Gasteiger partial charge in [0.2, 0.25) is 5.96 Å². The summed E-state index contributed by atoms with van der Waals surface area (Å²) in [6, 6.07) is 5.28. The molecule has 1 rings (SSSR count). The maximum atomic E-state index is 5.95. The molecule has 1 aromatic carbocycles. The molecule has 0 saturated carbocycles. The molecule has 0 amide bonds. The summed E-state index contributed by atoms with van der Waals surface area (Å²) < 4.78 is 0. The Morgan fingerprint density at radius 1 is 1.27 bits per heavy atom. The number of hydrazine groups is 1. The van der Waals surface area contributed by atoms with Gasteiger partial charge in [0.25, 0.3) is 0 Å². The average molecular weight is 247 g/mol.